The number of furan rings is 2. The summed E-state index contributed by atoms with van der Waals surface area (Å²) in [7, 11) is 0. The lowest BCUT2D eigenvalue weighted by Gasteiger charge is -2.41. The summed E-state index contributed by atoms with van der Waals surface area (Å²) in [5, 5.41) is 3.52. The number of benzene rings is 5. The third-order valence-electron chi connectivity index (χ3n) is 13.8. The highest BCUT2D eigenvalue weighted by Crippen LogP contribution is 2.51. The third kappa shape index (κ3) is 4.83. The maximum atomic E-state index is 6.71. The summed E-state index contributed by atoms with van der Waals surface area (Å²) < 4.78 is 13.0. The maximum Gasteiger partial charge on any atom is 0.135 e. The molecule has 0 N–H and O–H groups in total. The molecule has 2 heteroatoms. The SMILES string of the molecule is CC1(C)CCC(C)(C)c2cc3c4c(oc3cc21)CCC(c1ccccc1C(c1c#cc2c(c1)C(C)(C)c1ccccc1-2)c1ccc2oc3ccccc3c2c1)=C4. The van der Waals surface area contributed by atoms with Crippen LogP contribution in [0.1, 0.15) is 123 Å². The Morgan fingerprint density at radius 2 is 1.27 bits per heavy atom. The summed E-state index contributed by atoms with van der Waals surface area (Å²) in [4.78, 5) is 0. The predicted octanol–water partition coefficient (Wildman–Crippen LogP) is 14.3. The first kappa shape index (κ1) is 33.5. The van der Waals surface area contributed by atoms with Crippen molar-refractivity contribution in [2.45, 2.75) is 89.4 Å². The topological polar surface area (TPSA) is 26.3 Å². The summed E-state index contributed by atoms with van der Waals surface area (Å²) in [5.41, 5.74) is 18.5. The van der Waals surface area contributed by atoms with E-state index in [-0.39, 0.29) is 22.2 Å². The molecule has 1 atom stereocenters. The average molecular weight is 727 g/mol. The van der Waals surface area contributed by atoms with Crippen LogP contribution in [0.2, 0.25) is 0 Å². The fourth-order valence-electron chi connectivity index (χ4n) is 10.5. The van der Waals surface area contributed by atoms with Gasteiger partial charge in [-0.25, -0.2) is 0 Å². The van der Waals surface area contributed by atoms with Gasteiger partial charge in [0, 0.05) is 50.6 Å². The summed E-state index contributed by atoms with van der Waals surface area (Å²) in [6, 6.07) is 47.7. The normalized spacial score (nSPS) is 17.9. The highest BCUT2D eigenvalue weighted by molar-refractivity contribution is 6.05. The Bertz CT molecular complexity index is 2960. The lowest BCUT2D eigenvalue weighted by atomic mass is 9.63. The van der Waals surface area contributed by atoms with E-state index in [9.17, 15) is 0 Å². The van der Waals surface area contributed by atoms with Gasteiger partial charge in [-0.15, -0.1) is 0 Å². The van der Waals surface area contributed by atoms with Gasteiger partial charge in [0.05, 0.1) is 0 Å². The summed E-state index contributed by atoms with van der Waals surface area (Å²) >= 11 is 0. The van der Waals surface area contributed by atoms with Crippen molar-refractivity contribution < 1.29 is 8.83 Å². The quantitative estimate of drug-likeness (QED) is 0.180. The molecule has 3 aliphatic rings. The Balaban J connectivity index is 1.11. The zero-order chi connectivity index (χ0) is 38.1. The van der Waals surface area contributed by atoms with Crippen LogP contribution in [0.15, 0.2) is 118 Å². The van der Waals surface area contributed by atoms with Crippen molar-refractivity contribution in [2.75, 3.05) is 0 Å². The van der Waals surface area contributed by atoms with Gasteiger partial charge in [-0.2, -0.15) is 0 Å². The van der Waals surface area contributed by atoms with Gasteiger partial charge in [0.15, 0.2) is 0 Å². The molecule has 0 saturated carbocycles. The lowest BCUT2D eigenvalue weighted by Crippen LogP contribution is -2.33. The smallest absolute Gasteiger partial charge is 0.135 e. The number of aryl methyl sites for hydroxylation is 1. The van der Waals surface area contributed by atoms with E-state index in [0.29, 0.717) is 0 Å². The van der Waals surface area contributed by atoms with E-state index >= 15 is 0 Å². The Morgan fingerprint density at radius 3 is 2.11 bits per heavy atom. The molecule has 2 heterocycles. The summed E-state index contributed by atoms with van der Waals surface area (Å²) in [6.45, 7) is 14.3. The van der Waals surface area contributed by atoms with Crippen molar-refractivity contribution in [3.63, 3.8) is 0 Å². The van der Waals surface area contributed by atoms with E-state index in [4.69, 9.17) is 8.83 Å². The van der Waals surface area contributed by atoms with Crippen LogP contribution in [0.25, 0.3) is 55.7 Å². The van der Waals surface area contributed by atoms with Crippen LogP contribution in [-0.2, 0) is 22.7 Å². The standard InChI is InChI=1S/C54H46O2/c1-52(2)25-26-53(3,4)46-31-50-42(30-45(46)52)41-27-32(20-23-49(41)56-50)35-13-7-8-16-39(35)51(33-21-24-48-40(28-33)38-15-10-12-18-47(38)55-48)34-19-22-37-36-14-9-11-17-43(36)54(5,6)44(37)29-34/h7-18,21,24,27-31,51H,20,23,25-26H2,1-6H3. The van der Waals surface area contributed by atoms with Crippen LogP contribution in [0.3, 0.4) is 0 Å². The van der Waals surface area contributed by atoms with E-state index in [0.717, 1.165) is 51.7 Å². The van der Waals surface area contributed by atoms with Gasteiger partial charge < -0.3 is 8.83 Å². The van der Waals surface area contributed by atoms with E-state index in [2.05, 4.69) is 163 Å². The molecule has 0 fully saturated rings. The largest absolute Gasteiger partial charge is 0.460 e. The minimum atomic E-state index is -0.144. The molecule has 6 aromatic carbocycles. The molecule has 0 spiro atoms. The van der Waals surface area contributed by atoms with Crippen LogP contribution in [0, 0.1) is 12.1 Å². The number of para-hydroxylation sites is 1. The fraction of sp³-hybridized carbons (Fsp3) is 0.259. The molecule has 11 rings (SSSR count). The molecule has 0 amide bonds. The monoisotopic (exact) mass is 726 g/mol. The molecule has 0 bridgehead atoms. The van der Waals surface area contributed by atoms with Crippen molar-refractivity contribution in [1.82, 2.24) is 0 Å². The number of rotatable bonds is 4. The molecule has 56 heavy (non-hydrogen) atoms. The molecule has 8 aromatic rings. The highest BCUT2D eigenvalue weighted by atomic mass is 16.3. The van der Waals surface area contributed by atoms with Crippen LogP contribution in [0.5, 0.6) is 0 Å². The molecule has 3 aliphatic carbocycles. The van der Waals surface area contributed by atoms with Crippen LogP contribution >= 0.6 is 0 Å². The Labute approximate surface area is 329 Å². The molecule has 2 aromatic heterocycles. The summed E-state index contributed by atoms with van der Waals surface area (Å²) in [5.74, 6) is 1.03. The highest BCUT2D eigenvalue weighted by Gasteiger charge is 2.39. The second kappa shape index (κ2) is 11.6. The fourth-order valence-corrected chi connectivity index (χ4v) is 10.5. The molecule has 1 unspecified atom stereocenters. The van der Waals surface area contributed by atoms with E-state index in [1.54, 1.807) is 0 Å². The molecular formula is C54H46O2. The maximum absolute atomic E-state index is 6.71. The van der Waals surface area contributed by atoms with Crippen molar-refractivity contribution in [3.8, 4) is 11.1 Å². The van der Waals surface area contributed by atoms with Gasteiger partial charge >= 0.3 is 0 Å². The Hall–Kier alpha value is -5.78. The number of allylic oxidation sites excluding steroid dienone is 1. The van der Waals surface area contributed by atoms with E-state index in [1.165, 1.54) is 79.4 Å². The first-order valence-corrected chi connectivity index (χ1v) is 20.4. The van der Waals surface area contributed by atoms with E-state index in [1.807, 2.05) is 6.07 Å². The first-order valence-electron chi connectivity index (χ1n) is 20.4. The number of hydrogen-bond acceptors (Lipinski definition) is 2. The van der Waals surface area contributed by atoms with Crippen LogP contribution < -0.4 is 0 Å². The van der Waals surface area contributed by atoms with Crippen LogP contribution in [-0.4, -0.2) is 0 Å². The van der Waals surface area contributed by atoms with Gasteiger partial charge in [0.2, 0.25) is 0 Å². The van der Waals surface area contributed by atoms with Crippen LogP contribution in [0.4, 0.5) is 0 Å². The molecule has 0 aliphatic heterocycles. The lowest BCUT2D eigenvalue weighted by molar-refractivity contribution is 0.332. The Morgan fingerprint density at radius 1 is 0.554 bits per heavy atom. The van der Waals surface area contributed by atoms with Gasteiger partial charge in [-0.05, 0) is 123 Å². The zero-order valence-corrected chi connectivity index (χ0v) is 33.2. The molecular weight excluding hydrogens is 681 g/mol. The minimum absolute atomic E-state index is 0.0798. The second-order valence-electron chi connectivity index (χ2n) is 18.5. The first-order chi connectivity index (χ1) is 27.0. The third-order valence-corrected chi connectivity index (χ3v) is 13.8. The van der Waals surface area contributed by atoms with Gasteiger partial charge in [0.25, 0.3) is 0 Å². The average Bonchev–Trinajstić information content (AvgIpc) is 3.83. The van der Waals surface area contributed by atoms with Gasteiger partial charge in [-0.3, -0.25) is 0 Å². The van der Waals surface area contributed by atoms with Crippen molar-refractivity contribution >= 4 is 44.6 Å². The molecule has 2 nitrogen and oxygen atoms in total. The van der Waals surface area contributed by atoms with E-state index < -0.39 is 0 Å². The Kier molecular flexibility index (Phi) is 6.96. The zero-order valence-electron chi connectivity index (χ0n) is 33.2. The predicted molar refractivity (Wildman–Crippen MR) is 230 cm³/mol. The molecule has 0 saturated heterocycles. The second-order valence-corrected chi connectivity index (χ2v) is 18.5. The van der Waals surface area contributed by atoms with Crippen molar-refractivity contribution in [1.29, 1.82) is 0 Å². The van der Waals surface area contributed by atoms with Gasteiger partial charge in [0.1, 0.15) is 22.5 Å². The molecule has 0 radical (unpaired) electrons. The van der Waals surface area contributed by atoms with Crippen molar-refractivity contribution in [3.05, 3.63) is 177 Å². The number of fused-ring (bicyclic) bond motifs is 10. The minimum Gasteiger partial charge on any atom is -0.460 e. The van der Waals surface area contributed by atoms with Gasteiger partial charge in [-0.1, -0.05) is 126 Å². The number of hydrogen-bond donors (Lipinski definition) is 0. The summed E-state index contributed by atoms with van der Waals surface area (Å²) in [6.07, 6.45) is 6.62. The molecule has 274 valence electrons. The van der Waals surface area contributed by atoms with Crippen molar-refractivity contribution in [2.24, 2.45) is 0 Å².